The first-order chi connectivity index (χ1) is 17.1. The van der Waals surface area contributed by atoms with Gasteiger partial charge < -0.3 is 14.5 Å². The molecule has 37 heavy (non-hydrogen) atoms. The van der Waals surface area contributed by atoms with Gasteiger partial charge in [0.2, 0.25) is 0 Å². The zero-order chi connectivity index (χ0) is 27.6. The maximum absolute atomic E-state index is 13.3. The van der Waals surface area contributed by atoms with Crippen LogP contribution in [-0.2, 0) is 19.7 Å². The summed E-state index contributed by atoms with van der Waals surface area (Å²) in [6.07, 6.45) is -3.35. The SMILES string of the molecule is CCCCS(=O)(=O)c1cnc(N2CCN(C(=O)c3cc(S(C)(=O)=O)ccc3OC(C)C(F)(F)F)CC2)s1. The molecule has 206 valence electrons. The predicted octanol–water partition coefficient (Wildman–Crippen LogP) is 3.41. The van der Waals surface area contributed by atoms with Crippen molar-refractivity contribution in [3.05, 3.63) is 30.0 Å². The number of amides is 1. The average Bonchev–Trinajstić information content (AvgIpc) is 3.33. The van der Waals surface area contributed by atoms with Gasteiger partial charge in [-0.25, -0.2) is 21.8 Å². The Labute approximate surface area is 218 Å². The number of carbonyl (C=O) groups excluding carboxylic acids is 1. The van der Waals surface area contributed by atoms with E-state index in [4.69, 9.17) is 4.74 Å². The van der Waals surface area contributed by atoms with E-state index in [1.165, 1.54) is 11.1 Å². The van der Waals surface area contributed by atoms with E-state index >= 15 is 0 Å². The van der Waals surface area contributed by atoms with E-state index in [9.17, 15) is 34.8 Å². The number of unbranched alkanes of at least 4 members (excludes halogenated alkanes) is 1. The third-order valence-electron chi connectivity index (χ3n) is 5.76. The summed E-state index contributed by atoms with van der Waals surface area (Å²) in [5, 5.41) is 0.490. The maximum atomic E-state index is 13.3. The Morgan fingerprint density at radius 2 is 1.81 bits per heavy atom. The number of benzene rings is 1. The van der Waals surface area contributed by atoms with E-state index in [1.807, 2.05) is 11.8 Å². The van der Waals surface area contributed by atoms with E-state index in [1.54, 1.807) is 0 Å². The summed E-state index contributed by atoms with van der Waals surface area (Å²) in [4.78, 5) is 20.5. The summed E-state index contributed by atoms with van der Waals surface area (Å²) in [7, 11) is -7.16. The van der Waals surface area contributed by atoms with Crippen LogP contribution in [-0.4, -0.2) is 83.1 Å². The number of nitrogens with zero attached hydrogens (tertiary/aromatic N) is 3. The second-order valence-corrected chi connectivity index (χ2v) is 14.0. The fourth-order valence-corrected chi connectivity index (χ4v) is 6.93. The normalized spacial score (nSPS) is 16.1. The van der Waals surface area contributed by atoms with Gasteiger partial charge in [-0.1, -0.05) is 24.7 Å². The molecule has 1 amide bonds. The number of carbonyl (C=O) groups is 1. The van der Waals surface area contributed by atoms with Gasteiger partial charge in [0, 0.05) is 32.4 Å². The molecular weight excluding hydrogens is 555 g/mol. The minimum atomic E-state index is -4.68. The number of hydrogen-bond acceptors (Lipinski definition) is 9. The lowest BCUT2D eigenvalue weighted by Crippen LogP contribution is -2.49. The lowest BCUT2D eigenvalue weighted by Gasteiger charge is -2.35. The standard InChI is InChI=1S/C22H28F3N3O6S3/c1-4-5-12-37(32,33)19-14-26-21(35-19)28-10-8-27(9-11-28)20(29)17-13-16(36(3,30)31)6-7-18(17)34-15(2)22(23,24)25/h6-7,13-15H,4-5,8-12H2,1-3H3. The number of hydrogen-bond donors (Lipinski definition) is 0. The molecule has 1 saturated heterocycles. The number of thiazole rings is 1. The van der Waals surface area contributed by atoms with Crippen LogP contribution in [0.1, 0.15) is 37.0 Å². The predicted molar refractivity (Wildman–Crippen MR) is 133 cm³/mol. The first kappa shape index (κ1) is 29.2. The van der Waals surface area contributed by atoms with Crippen molar-refractivity contribution in [2.24, 2.45) is 0 Å². The number of rotatable bonds is 9. The minimum absolute atomic E-state index is 0.0390. The fraction of sp³-hybridized carbons (Fsp3) is 0.545. The molecule has 0 N–H and O–H groups in total. The maximum Gasteiger partial charge on any atom is 0.425 e. The second kappa shape index (κ2) is 11.2. The highest BCUT2D eigenvalue weighted by molar-refractivity contribution is 7.93. The smallest absolute Gasteiger partial charge is 0.425 e. The number of aromatic nitrogens is 1. The molecule has 1 unspecified atom stereocenters. The van der Waals surface area contributed by atoms with E-state index < -0.39 is 37.9 Å². The van der Waals surface area contributed by atoms with Gasteiger partial charge in [-0.05, 0) is 31.5 Å². The summed E-state index contributed by atoms with van der Waals surface area (Å²) < 4.78 is 93.2. The Hall–Kier alpha value is -2.39. The summed E-state index contributed by atoms with van der Waals surface area (Å²) in [5.41, 5.74) is -0.286. The summed E-state index contributed by atoms with van der Waals surface area (Å²) in [6.45, 7) is 3.62. The van der Waals surface area contributed by atoms with Crippen LogP contribution < -0.4 is 9.64 Å². The molecule has 9 nitrogen and oxygen atoms in total. The molecule has 1 aliphatic rings. The molecule has 0 bridgehead atoms. The van der Waals surface area contributed by atoms with Crippen LogP contribution in [0.15, 0.2) is 33.5 Å². The molecule has 2 aromatic rings. The van der Waals surface area contributed by atoms with Crippen LogP contribution in [0.5, 0.6) is 5.75 Å². The van der Waals surface area contributed by atoms with Gasteiger partial charge in [0.15, 0.2) is 30.9 Å². The quantitative estimate of drug-likeness (QED) is 0.441. The Morgan fingerprint density at radius 3 is 2.38 bits per heavy atom. The van der Waals surface area contributed by atoms with Crippen molar-refractivity contribution in [3.63, 3.8) is 0 Å². The van der Waals surface area contributed by atoms with Crippen molar-refractivity contribution >= 4 is 42.1 Å². The number of halogens is 3. The number of alkyl halides is 3. The zero-order valence-electron chi connectivity index (χ0n) is 20.5. The van der Waals surface area contributed by atoms with Gasteiger partial charge >= 0.3 is 6.18 Å². The topological polar surface area (TPSA) is 114 Å². The van der Waals surface area contributed by atoms with Crippen LogP contribution in [0.3, 0.4) is 0 Å². The van der Waals surface area contributed by atoms with E-state index in [-0.39, 0.29) is 39.3 Å². The molecule has 1 aromatic carbocycles. The van der Waals surface area contributed by atoms with Crippen LogP contribution in [0.25, 0.3) is 0 Å². The molecule has 1 aliphatic heterocycles. The van der Waals surface area contributed by atoms with Crippen LogP contribution in [0, 0.1) is 0 Å². The van der Waals surface area contributed by atoms with Crippen LogP contribution >= 0.6 is 11.3 Å². The first-order valence-electron chi connectivity index (χ1n) is 11.4. The van der Waals surface area contributed by atoms with Gasteiger partial charge in [0.1, 0.15) is 9.96 Å². The fourth-order valence-electron chi connectivity index (χ4n) is 3.51. The van der Waals surface area contributed by atoms with E-state index in [2.05, 4.69) is 4.98 Å². The zero-order valence-corrected chi connectivity index (χ0v) is 22.9. The molecule has 3 rings (SSSR count). The number of ether oxygens (including phenoxy) is 1. The Bertz CT molecular complexity index is 1330. The van der Waals surface area contributed by atoms with E-state index in [0.717, 1.165) is 49.1 Å². The average molecular weight is 584 g/mol. The molecule has 0 spiro atoms. The van der Waals surface area contributed by atoms with Crippen molar-refractivity contribution in [1.29, 1.82) is 0 Å². The number of anilines is 1. The number of piperazine rings is 1. The van der Waals surface area contributed by atoms with Crippen molar-refractivity contribution in [2.75, 3.05) is 43.1 Å². The third kappa shape index (κ3) is 7.13. The Balaban J connectivity index is 1.78. The monoisotopic (exact) mass is 583 g/mol. The second-order valence-electron chi connectivity index (χ2n) is 8.65. The molecule has 0 saturated carbocycles. The summed E-state index contributed by atoms with van der Waals surface area (Å²) in [5.74, 6) is -1.000. The highest BCUT2D eigenvalue weighted by Crippen LogP contribution is 2.31. The molecule has 15 heteroatoms. The van der Waals surface area contributed by atoms with E-state index in [0.29, 0.717) is 24.6 Å². The molecule has 1 atom stereocenters. The molecule has 2 heterocycles. The Morgan fingerprint density at radius 1 is 1.16 bits per heavy atom. The Kier molecular flexibility index (Phi) is 8.79. The molecule has 1 fully saturated rings. The highest BCUT2D eigenvalue weighted by atomic mass is 32.2. The lowest BCUT2D eigenvalue weighted by atomic mass is 10.1. The minimum Gasteiger partial charge on any atom is -0.480 e. The molecular formula is C22H28F3N3O6S3. The van der Waals surface area contributed by atoms with Gasteiger partial charge in [-0.3, -0.25) is 4.79 Å². The van der Waals surface area contributed by atoms with Gasteiger partial charge in [-0.15, -0.1) is 0 Å². The van der Waals surface area contributed by atoms with Gasteiger partial charge in [0.25, 0.3) is 5.91 Å². The molecule has 0 aliphatic carbocycles. The van der Waals surface area contributed by atoms with Crippen molar-refractivity contribution in [3.8, 4) is 5.75 Å². The van der Waals surface area contributed by atoms with Crippen molar-refractivity contribution < 1.29 is 39.5 Å². The highest BCUT2D eigenvalue weighted by Gasteiger charge is 2.39. The largest absolute Gasteiger partial charge is 0.480 e. The van der Waals surface area contributed by atoms with Crippen molar-refractivity contribution in [1.82, 2.24) is 9.88 Å². The lowest BCUT2D eigenvalue weighted by molar-refractivity contribution is -0.189. The molecule has 0 radical (unpaired) electrons. The van der Waals surface area contributed by atoms with Crippen LogP contribution in [0.4, 0.5) is 18.3 Å². The first-order valence-corrected chi connectivity index (χ1v) is 15.8. The summed E-state index contributed by atoms with van der Waals surface area (Å²) in [6, 6.07) is 3.17. The number of sulfone groups is 2. The molecule has 1 aromatic heterocycles. The van der Waals surface area contributed by atoms with Gasteiger partial charge in [-0.2, -0.15) is 13.2 Å². The van der Waals surface area contributed by atoms with Crippen LogP contribution in [0.2, 0.25) is 0 Å². The van der Waals surface area contributed by atoms with Crippen molar-refractivity contribution in [2.45, 2.75) is 48.1 Å². The summed E-state index contributed by atoms with van der Waals surface area (Å²) >= 11 is 1.05. The third-order valence-corrected chi connectivity index (χ3v) is 10.3. The van der Waals surface area contributed by atoms with Gasteiger partial charge in [0.05, 0.1) is 22.4 Å².